The van der Waals surface area contributed by atoms with Crippen LogP contribution in [0.2, 0.25) is 5.02 Å². The Morgan fingerprint density at radius 2 is 2.04 bits per heavy atom. The molecule has 0 aliphatic rings. The molecule has 7 heteroatoms. The number of nitrogens with zero attached hydrogens (tertiary/aromatic N) is 3. The molecule has 4 nitrogen and oxygen atoms in total. The Labute approximate surface area is 160 Å². The summed E-state index contributed by atoms with van der Waals surface area (Å²) >= 11 is 7.57. The highest BCUT2D eigenvalue weighted by Crippen LogP contribution is 2.24. The molecule has 0 aliphatic carbocycles. The second-order valence-corrected chi connectivity index (χ2v) is 6.81. The first kappa shape index (κ1) is 18.5. The van der Waals surface area contributed by atoms with Crippen LogP contribution in [0, 0.1) is 5.82 Å². The van der Waals surface area contributed by atoms with Crippen LogP contribution in [0.1, 0.15) is 11.4 Å². The van der Waals surface area contributed by atoms with Crippen LogP contribution in [-0.4, -0.2) is 14.8 Å². The first-order chi connectivity index (χ1) is 12.7. The van der Waals surface area contributed by atoms with Gasteiger partial charge in [0.05, 0.1) is 0 Å². The highest BCUT2D eigenvalue weighted by Gasteiger charge is 2.13. The zero-order valence-corrected chi connectivity index (χ0v) is 15.5. The maximum absolute atomic E-state index is 13.7. The summed E-state index contributed by atoms with van der Waals surface area (Å²) in [6.07, 6.45) is 1.76. The highest BCUT2D eigenvalue weighted by atomic mass is 35.5. The Bertz CT molecular complexity index is 900. The van der Waals surface area contributed by atoms with Gasteiger partial charge in [-0.05, 0) is 29.8 Å². The lowest BCUT2D eigenvalue weighted by Gasteiger charge is -2.09. The zero-order valence-electron chi connectivity index (χ0n) is 13.9. The summed E-state index contributed by atoms with van der Waals surface area (Å²) in [5, 5.41) is 9.86. The van der Waals surface area contributed by atoms with Crippen LogP contribution in [0.5, 0.6) is 5.75 Å². The van der Waals surface area contributed by atoms with Crippen molar-refractivity contribution >= 4 is 23.4 Å². The van der Waals surface area contributed by atoms with Crippen LogP contribution >= 0.6 is 23.4 Å². The number of rotatable bonds is 8. The molecule has 1 aromatic heterocycles. The molecule has 0 fully saturated rings. The van der Waals surface area contributed by atoms with Crippen molar-refractivity contribution < 1.29 is 9.13 Å². The summed E-state index contributed by atoms with van der Waals surface area (Å²) in [7, 11) is 0. The lowest BCUT2D eigenvalue weighted by atomic mass is 10.2. The number of para-hydroxylation sites is 1. The molecule has 0 aliphatic heterocycles. The molecule has 0 atom stereocenters. The van der Waals surface area contributed by atoms with Crippen molar-refractivity contribution in [2.45, 2.75) is 24.1 Å². The van der Waals surface area contributed by atoms with E-state index >= 15 is 0 Å². The van der Waals surface area contributed by atoms with E-state index in [1.807, 2.05) is 28.8 Å². The van der Waals surface area contributed by atoms with Gasteiger partial charge in [0, 0.05) is 17.3 Å². The van der Waals surface area contributed by atoms with Crippen molar-refractivity contribution in [1.29, 1.82) is 0 Å². The minimum atomic E-state index is -0.405. The van der Waals surface area contributed by atoms with Crippen LogP contribution in [0.25, 0.3) is 0 Å². The van der Waals surface area contributed by atoms with Crippen molar-refractivity contribution in [3.63, 3.8) is 0 Å². The smallest absolute Gasteiger partial charge is 0.191 e. The number of allylic oxidation sites excluding steroid dienone is 1. The average Bonchev–Trinajstić information content (AvgIpc) is 3.02. The van der Waals surface area contributed by atoms with E-state index in [1.165, 1.54) is 6.07 Å². The average molecular weight is 390 g/mol. The summed E-state index contributed by atoms with van der Waals surface area (Å²) in [6.45, 7) is 4.44. The van der Waals surface area contributed by atoms with Gasteiger partial charge in [-0.2, -0.15) is 0 Å². The van der Waals surface area contributed by atoms with Gasteiger partial charge < -0.3 is 4.74 Å². The molecule has 134 valence electrons. The van der Waals surface area contributed by atoms with E-state index in [0.29, 0.717) is 23.1 Å². The van der Waals surface area contributed by atoms with Crippen LogP contribution in [0.3, 0.4) is 0 Å². The SMILES string of the molecule is C=CCn1c(COc2ccccc2F)nnc1SCc1cccc(Cl)c1. The van der Waals surface area contributed by atoms with Gasteiger partial charge in [0.25, 0.3) is 0 Å². The van der Waals surface area contributed by atoms with Crippen LogP contribution in [0.15, 0.2) is 66.3 Å². The third-order valence-corrected chi connectivity index (χ3v) is 4.83. The number of aromatic nitrogens is 3. The Morgan fingerprint density at radius 3 is 2.81 bits per heavy atom. The van der Waals surface area contributed by atoms with Gasteiger partial charge in [-0.25, -0.2) is 4.39 Å². The molecule has 3 aromatic rings. The topological polar surface area (TPSA) is 39.9 Å². The van der Waals surface area contributed by atoms with E-state index < -0.39 is 5.82 Å². The lowest BCUT2D eigenvalue weighted by molar-refractivity contribution is 0.275. The Kier molecular flexibility index (Phi) is 6.30. The van der Waals surface area contributed by atoms with Gasteiger partial charge >= 0.3 is 0 Å². The Hall–Kier alpha value is -2.31. The predicted molar refractivity (Wildman–Crippen MR) is 102 cm³/mol. The molecular weight excluding hydrogens is 373 g/mol. The van der Waals surface area contributed by atoms with Gasteiger partial charge in [-0.3, -0.25) is 4.57 Å². The Morgan fingerprint density at radius 1 is 1.19 bits per heavy atom. The molecule has 0 saturated heterocycles. The van der Waals surface area contributed by atoms with Crippen molar-refractivity contribution in [2.75, 3.05) is 0 Å². The van der Waals surface area contributed by atoms with Crippen molar-refractivity contribution in [3.8, 4) is 5.75 Å². The van der Waals surface area contributed by atoms with Gasteiger partial charge in [-0.15, -0.1) is 16.8 Å². The number of hydrogen-bond acceptors (Lipinski definition) is 4. The van der Waals surface area contributed by atoms with E-state index in [-0.39, 0.29) is 12.4 Å². The predicted octanol–water partition coefficient (Wildman–Crippen LogP) is 5.13. The maximum atomic E-state index is 13.7. The fourth-order valence-electron chi connectivity index (χ4n) is 2.32. The second-order valence-electron chi connectivity index (χ2n) is 5.44. The van der Waals surface area contributed by atoms with Crippen molar-refractivity contribution in [1.82, 2.24) is 14.8 Å². The van der Waals surface area contributed by atoms with E-state index in [4.69, 9.17) is 16.3 Å². The lowest BCUT2D eigenvalue weighted by Crippen LogP contribution is -2.08. The van der Waals surface area contributed by atoms with Gasteiger partial charge in [0.2, 0.25) is 0 Å². The van der Waals surface area contributed by atoms with Crippen molar-refractivity contribution in [3.05, 3.63) is 83.4 Å². The maximum Gasteiger partial charge on any atom is 0.191 e. The second kappa shape index (κ2) is 8.87. The Balaban J connectivity index is 1.71. The van der Waals surface area contributed by atoms with E-state index in [9.17, 15) is 4.39 Å². The third kappa shape index (κ3) is 4.65. The standard InChI is InChI=1S/C19H17ClFN3OS/c1-2-10-24-18(12-25-17-9-4-3-8-16(17)21)22-23-19(24)26-13-14-6-5-7-15(20)11-14/h2-9,11H,1,10,12-13H2. The van der Waals surface area contributed by atoms with Gasteiger partial charge in [0.1, 0.15) is 6.61 Å². The van der Waals surface area contributed by atoms with Gasteiger partial charge in [0.15, 0.2) is 22.5 Å². The van der Waals surface area contributed by atoms with Gasteiger partial charge in [-0.1, -0.05) is 53.7 Å². The van der Waals surface area contributed by atoms with E-state index in [2.05, 4.69) is 16.8 Å². The summed E-state index contributed by atoms with van der Waals surface area (Å²) in [5.41, 5.74) is 1.10. The molecule has 0 N–H and O–H groups in total. The highest BCUT2D eigenvalue weighted by molar-refractivity contribution is 7.98. The largest absolute Gasteiger partial charge is 0.483 e. The first-order valence-corrected chi connectivity index (χ1v) is 9.31. The molecule has 0 saturated carbocycles. The summed E-state index contributed by atoms with van der Waals surface area (Å²) in [4.78, 5) is 0. The number of halogens is 2. The van der Waals surface area contributed by atoms with Crippen LogP contribution < -0.4 is 4.74 Å². The van der Waals surface area contributed by atoms with Crippen LogP contribution in [-0.2, 0) is 18.9 Å². The quantitative estimate of drug-likeness (QED) is 0.395. The normalized spacial score (nSPS) is 10.7. The molecule has 2 aromatic carbocycles. The number of ether oxygens (including phenoxy) is 1. The summed E-state index contributed by atoms with van der Waals surface area (Å²) in [6, 6.07) is 14.0. The van der Waals surface area contributed by atoms with Crippen molar-refractivity contribution in [2.24, 2.45) is 0 Å². The summed E-state index contributed by atoms with van der Waals surface area (Å²) in [5.74, 6) is 1.11. The summed E-state index contributed by atoms with van der Waals surface area (Å²) < 4.78 is 21.1. The molecule has 3 rings (SSSR count). The molecule has 0 radical (unpaired) electrons. The monoisotopic (exact) mass is 389 g/mol. The molecule has 0 spiro atoms. The molecule has 0 unspecified atom stereocenters. The minimum absolute atomic E-state index is 0.125. The van der Waals surface area contributed by atoms with E-state index in [1.54, 1.807) is 36.0 Å². The minimum Gasteiger partial charge on any atom is -0.483 e. The third-order valence-electron chi connectivity index (χ3n) is 3.56. The molecule has 0 bridgehead atoms. The number of hydrogen-bond donors (Lipinski definition) is 0. The van der Waals surface area contributed by atoms with Crippen LogP contribution in [0.4, 0.5) is 4.39 Å². The molecule has 1 heterocycles. The zero-order chi connectivity index (χ0) is 18.4. The number of benzene rings is 2. The van der Waals surface area contributed by atoms with E-state index in [0.717, 1.165) is 10.7 Å². The number of thioether (sulfide) groups is 1. The molecule has 26 heavy (non-hydrogen) atoms. The fraction of sp³-hybridized carbons (Fsp3) is 0.158. The molecule has 0 amide bonds. The first-order valence-electron chi connectivity index (χ1n) is 7.95. The fourth-order valence-corrected chi connectivity index (χ4v) is 3.45. The molecular formula is C19H17ClFN3OS.